The van der Waals surface area contributed by atoms with Crippen LogP contribution < -0.4 is 9.46 Å². The highest BCUT2D eigenvalue weighted by Crippen LogP contribution is 2.21. The standard InChI is InChI=1S/C16H17ClFNO3S/c1-2-22-13-8-6-12(7-9-13)10-19-23(20,21)11-14-15(17)4-3-5-16(14)18/h3-9,19H,2,10-11H2,1H3. The Labute approximate surface area is 140 Å². The Bertz CT molecular complexity index is 743. The molecule has 4 nitrogen and oxygen atoms in total. The molecule has 0 atom stereocenters. The fraction of sp³-hybridized carbons (Fsp3) is 0.250. The van der Waals surface area contributed by atoms with Crippen LogP contribution in [0.5, 0.6) is 5.75 Å². The third kappa shape index (κ3) is 5.20. The van der Waals surface area contributed by atoms with Gasteiger partial charge in [0.2, 0.25) is 10.0 Å². The molecule has 0 heterocycles. The Balaban J connectivity index is 2.01. The average molecular weight is 358 g/mol. The minimum Gasteiger partial charge on any atom is -0.494 e. The summed E-state index contributed by atoms with van der Waals surface area (Å²) in [5.41, 5.74) is 0.741. The largest absolute Gasteiger partial charge is 0.494 e. The third-order valence-corrected chi connectivity index (χ3v) is 4.73. The zero-order valence-electron chi connectivity index (χ0n) is 12.6. The van der Waals surface area contributed by atoms with Crippen molar-refractivity contribution >= 4 is 21.6 Å². The van der Waals surface area contributed by atoms with Crippen LogP contribution >= 0.6 is 11.6 Å². The van der Waals surface area contributed by atoms with E-state index in [1.54, 1.807) is 24.3 Å². The van der Waals surface area contributed by atoms with Crippen LogP contribution in [0.4, 0.5) is 4.39 Å². The highest BCUT2D eigenvalue weighted by Gasteiger charge is 2.17. The summed E-state index contributed by atoms with van der Waals surface area (Å²) in [5, 5.41) is 0.0939. The van der Waals surface area contributed by atoms with Crippen LogP contribution in [0.3, 0.4) is 0 Å². The van der Waals surface area contributed by atoms with Gasteiger partial charge >= 0.3 is 0 Å². The lowest BCUT2D eigenvalue weighted by Gasteiger charge is -2.09. The molecule has 0 bridgehead atoms. The number of sulfonamides is 1. The monoisotopic (exact) mass is 357 g/mol. The molecule has 7 heteroatoms. The van der Waals surface area contributed by atoms with Crippen LogP contribution in [0.25, 0.3) is 0 Å². The van der Waals surface area contributed by atoms with E-state index in [2.05, 4.69) is 4.72 Å². The van der Waals surface area contributed by atoms with Gasteiger partial charge in [-0.15, -0.1) is 0 Å². The second-order valence-electron chi connectivity index (χ2n) is 4.86. The van der Waals surface area contributed by atoms with Crippen LogP contribution in [-0.4, -0.2) is 15.0 Å². The normalized spacial score (nSPS) is 11.4. The van der Waals surface area contributed by atoms with E-state index in [9.17, 15) is 12.8 Å². The van der Waals surface area contributed by atoms with E-state index < -0.39 is 21.6 Å². The molecule has 0 amide bonds. The Morgan fingerprint density at radius 1 is 1.17 bits per heavy atom. The number of benzene rings is 2. The first-order valence-electron chi connectivity index (χ1n) is 7.03. The van der Waals surface area contributed by atoms with Gasteiger partial charge in [0.1, 0.15) is 11.6 Å². The van der Waals surface area contributed by atoms with Crippen LogP contribution in [0.2, 0.25) is 5.02 Å². The molecule has 0 spiro atoms. The van der Waals surface area contributed by atoms with Crippen LogP contribution in [0.1, 0.15) is 18.1 Å². The maximum absolute atomic E-state index is 13.7. The smallest absolute Gasteiger partial charge is 0.216 e. The van der Waals surface area contributed by atoms with Gasteiger partial charge in [0.25, 0.3) is 0 Å². The molecule has 0 saturated carbocycles. The highest BCUT2D eigenvalue weighted by molar-refractivity contribution is 7.88. The maximum atomic E-state index is 13.7. The molecule has 0 radical (unpaired) electrons. The summed E-state index contributed by atoms with van der Waals surface area (Å²) < 4.78 is 45.6. The van der Waals surface area contributed by atoms with Crippen LogP contribution in [0, 0.1) is 5.82 Å². The van der Waals surface area contributed by atoms with Crippen molar-refractivity contribution in [1.29, 1.82) is 0 Å². The molecule has 0 aliphatic heterocycles. The van der Waals surface area contributed by atoms with Gasteiger partial charge in [0.05, 0.1) is 12.4 Å². The first kappa shape index (κ1) is 17.7. The van der Waals surface area contributed by atoms with Gasteiger partial charge in [-0.2, -0.15) is 0 Å². The lowest BCUT2D eigenvalue weighted by molar-refractivity contribution is 0.340. The van der Waals surface area contributed by atoms with E-state index in [1.165, 1.54) is 18.2 Å². The van der Waals surface area contributed by atoms with Gasteiger partial charge in [-0.1, -0.05) is 29.8 Å². The summed E-state index contributed by atoms with van der Waals surface area (Å²) in [6, 6.07) is 11.1. The van der Waals surface area contributed by atoms with Gasteiger partial charge in [0.15, 0.2) is 0 Å². The van der Waals surface area contributed by atoms with Crippen molar-refractivity contribution < 1.29 is 17.5 Å². The summed E-state index contributed by atoms with van der Waals surface area (Å²) in [7, 11) is -3.70. The fourth-order valence-electron chi connectivity index (χ4n) is 1.97. The molecule has 2 rings (SSSR count). The minimum atomic E-state index is -3.70. The molecule has 0 fully saturated rings. The molecule has 23 heavy (non-hydrogen) atoms. The molecule has 2 aromatic rings. The number of halogens is 2. The Kier molecular flexibility index (Phi) is 5.98. The van der Waals surface area contributed by atoms with E-state index in [0.29, 0.717) is 6.61 Å². The molecule has 1 N–H and O–H groups in total. The van der Waals surface area contributed by atoms with Crippen LogP contribution in [0.15, 0.2) is 42.5 Å². The van der Waals surface area contributed by atoms with Crippen LogP contribution in [-0.2, 0) is 22.3 Å². The first-order chi connectivity index (χ1) is 10.9. The van der Waals surface area contributed by atoms with E-state index in [4.69, 9.17) is 16.3 Å². The number of rotatable bonds is 7. The summed E-state index contributed by atoms with van der Waals surface area (Å²) >= 11 is 5.85. The Hall–Kier alpha value is -1.63. The van der Waals surface area contributed by atoms with Crippen molar-refractivity contribution in [2.75, 3.05) is 6.61 Å². The number of ether oxygens (including phenoxy) is 1. The number of nitrogens with one attached hydrogen (secondary N) is 1. The topological polar surface area (TPSA) is 55.4 Å². The van der Waals surface area contributed by atoms with Crippen molar-refractivity contribution in [3.05, 3.63) is 64.4 Å². The SMILES string of the molecule is CCOc1ccc(CNS(=O)(=O)Cc2c(F)cccc2Cl)cc1. The summed E-state index contributed by atoms with van der Waals surface area (Å²) in [6.45, 7) is 2.56. The van der Waals surface area contributed by atoms with Crippen molar-refractivity contribution in [2.45, 2.75) is 19.2 Å². The predicted octanol–water partition coefficient (Wildman–Crippen LogP) is 3.50. The molecule has 0 unspecified atom stereocenters. The maximum Gasteiger partial charge on any atom is 0.216 e. The molecule has 0 aromatic heterocycles. The second kappa shape index (κ2) is 7.77. The number of hydrogen-bond acceptors (Lipinski definition) is 3. The van der Waals surface area contributed by atoms with Gasteiger partial charge in [-0.05, 0) is 36.8 Å². The van der Waals surface area contributed by atoms with E-state index in [0.717, 1.165) is 11.3 Å². The minimum absolute atomic E-state index is 0.0339. The predicted molar refractivity (Wildman–Crippen MR) is 88.5 cm³/mol. The molecule has 0 aliphatic rings. The average Bonchev–Trinajstić information content (AvgIpc) is 2.51. The third-order valence-electron chi connectivity index (χ3n) is 3.13. The quantitative estimate of drug-likeness (QED) is 0.825. The second-order valence-corrected chi connectivity index (χ2v) is 7.07. The van der Waals surface area contributed by atoms with Gasteiger partial charge in [0, 0.05) is 17.1 Å². The molecule has 2 aromatic carbocycles. The van der Waals surface area contributed by atoms with Crippen molar-refractivity contribution in [3.63, 3.8) is 0 Å². The lowest BCUT2D eigenvalue weighted by atomic mass is 10.2. The van der Waals surface area contributed by atoms with Gasteiger partial charge < -0.3 is 4.74 Å². The van der Waals surface area contributed by atoms with Crippen molar-refractivity contribution in [1.82, 2.24) is 4.72 Å². The van der Waals surface area contributed by atoms with Gasteiger partial charge in [-0.3, -0.25) is 0 Å². The lowest BCUT2D eigenvalue weighted by Crippen LogP contribution is -2.25. The summed E-state index contributed by atoms with van der Waals surface area (Å²) in [6.07, 6.45) is 0. The van der Waals surface area contributed by atoms with E-state index in [1.807, 2.05) is 6.92 Å². The molecule has 0 aliphatic carbocycles. The van der Waals surface area contributed by atoms with Crippen molar-refractivity contribution in [3.8, 4) is 5.75 Å². The summed E-state index contributed by atoms with van der Waals surface area (Å²) in [5.74, 6) is -0.420. The zero-order chi connectivity index (χ0) is 16.9. The fourth-order valence-corrected chi connectivity index (χ4v) is 3.45. The molecular formula is C16H17ClFNO3S. The first-order valence-corrected chi connectivity index (χ1v) is 9.06. The van der Waals surface area contributed by atoms with E-state index >= 15 is 0 Å². The Morgan fingerprint density at radius 2 is 1.87 bits per heavy atom. The van der Waals surface area contributed by atoms with Gasteiger partial charge in [-0.25, -0.2) is 17.5 Å². The Morgan fingerprint density at radius 3 is 2.48 bits per heavy atom. The molecular weight excluding hydrogens is 341 g/mol. The zero-order valence-corrected chi connectivity index (χ0v) is 14.1. The molecule has 0 saturated heterocycles. The van der Waals surface area contributed by atoms with E-state index in [-0.39, 0.29) is 17.1 Å². The number of hydrogen-bond donors (Lipinski definition) is 1. The molecule has 124 valence electrons. The summed E-state index contributed by atoms with van der Waals surface area (Å²) in [4.78, 5) is 0. The highest BCUT2D eigenvalue weighted by atomic mass is 35.5. The van der Waals surface area contributed by atoms with Crippen molar-refractivity contribution in [2.24, 2.45) is 0 Å².